The van der Waals surface area contributed by atoms with E-state index in [9.17, 15) is 4.79 Å². The molecule has 0 aliphatic carbocycles. The summed E-state index contributed by atoms with van der Waals surface area (Å²) < 4.78 is 7.54. The second kappa shape index (κ2) is 7.35. The summed E-state index contributed by atoms with van der Waals surface area (Å²) in [7, 11) is 1.78. The third kappa shape index (κ3) is 4.38. The molecule has 8 heteroatoms. The fourth-order valence-electron chi connectivity index (χ4n) is 1.64. The maximum Gasteiger partial charge on any atom is 0.246 e. The largest absolute Gasteiger partial charge is 0.367 e. The summed E-state index contributed by atoms with van der Waals surface area (Å²) in [5.41, 5.74) is 0.849. The number of aromatic amines is 1. The van der Waals surface area contributed by atoms with E-state index in [1.165, 1.54) is 0 Å². The molecule has 21 heavy (non-hydrogen) atoms. The summed E-state index contributed by atoms with van der Waals surface area (Å²) in [6, 6.07) is 7.35. The van der Waals surface area contributed by atoms with E-state index in [1.807, 2.05) is 18.2 Å². The molecule has 1 amide bonds. The van der Waals surface area contributed by atoms with E-state index < -0.39 is 0 Å². The molecule has 1 aromatic carbocycles. The Balaban J connectivity index is 1.74. The second-order valence-electron chi connectivity index (χ2n) is 4.36. The summed E-state index contributed by atoms with van der Waals surface area (Å²) in [6.07, 6.45) is 0. The van der Waals surface area contributed by atoms with Crippen molar-refractivity contribution in [1.82, 2.24) is 20.1 Å². The van der Waals surface area contributed by atoms with Crippen molar-refractivity contribution in [3.63, 3.8) is 0 Å². The number of nitrogens with zero attached hydrogens (tertiary/aromatic N) is 2. The van der Waals surface area contributed by atoms with Crippen LogP contribution >= 0.6 is 23.8 Å². The van der Waals surface area contributed by atoms with Crippen molar-refractivity contribution in [2.45, 2.75) is 13.2 Å². The van der Waals surface area contributed by atoms with Crippen LogP contribution in [0.1, 0.15) is 11.4 Å². The fourth-order valence-corrected chi connectivity index (χ4v) is 1.98. The molecule has 0 bridgehead atoms. The number of benzene rings is 1. The van der Waals surface area contributed by atoms with Crippen molar-refractivity contribution in [3.8, 4) is 0 Å². The van der Waals surface area contributed by atoms with Gasteiger partial charge in [0.1, 0.15) is 6.61 Å². The SMILES string of the molecule is Cn1c(CNC(=O)COCc2ccccc2Cl)n[nH]c1=S. The van der Waals surface area contributed by atoms with Crippen LogP contribution in [0.4, 0.5) is 0 Å². The van der Waals surface area contributed by atoms with Crippen LogP contribution in [-0.4, -0.2) is 27.3 Å². The number of rotatable bonds is 6. The first kappa shape index (κ1) is 15.7. The Kier molecular flexibility index (Phi) is 5.49. The highest BCUT2D eigenvalue weighted by atomic mass is 35.5. The first-order chi connectivity index (χ1) is 10.1. The molecular formula is C13H15ClN4O2S. The number of halogens is 1. The molecule has 0 saturated carbocycles. The maximum absolute atomic E-state index is 11.7. The highest BCUT2D eigenvalue weighted by Crippen LogP contribution is 2.15. The van der Waals surface area contributed by atoms with Crippen LogP contribution in [0, 0.1) is 4.77 Å². The minimum Gasteiger partial charge on any atom is -0.367 e. The predicted octanol–water partition coefficient (Wildman–Crippen LogP) is 1.96. The third-order valence-electron chi connectivity index (χ3n) is 2.86. The quantitative estimate of drug-likeness (QED) is 0.796. The van der Waals surface area contributed by atoms with Crippen molar-refractivity contribution in [1.29, 1.82) is 0 Å². The molecule has 0 spiro atoms. The van der Waals surface area contributed by atoms with Gasteiger partial charge in [0, 0.05) is 12.1 Å². The Morgan fingerprint density at radius 1 is 1.52 bits per heavy atom. The molecule has 0 atom stereocenters. The van der Waals surface area contributed by atoms with Gasteiger partial charge in [-0.05, 0) is 23.8 Å². The van der Waals surface area contributed by atoms with Gasteiger partial charge in [-0.2, -0.15) is 5.10 Å². The molecular weight excluding hydrogens is 312 g/mol. The molecule has 0 unspecified atom stereocenters. The number of ether oxygens (including phenoxy) is 1. The van der Waals surface area contributed by atoms with Gasteiger partial charge in [-0.15, -0.1) is 0 Å². The molecule has 2 aromatic rings. The van der Waals surface area contributed by atoms with Crippen LogP contribution < -0.4 is 5.32 Å². The van der Waals surface area contributed by atoms with Gasteiger partial charge in [-0.3, -0.25) is 9.89 Å². The van der Waals surface area contributed by atoms with Crippen LogP contribution in [0.15, 0.2) is 24.3 Å². The number of carbonyl (C=O) groups excluding carboxylic acids is 1. The standard InChI is InChI=1S/C13H15ClN4O2S/c1-18-11(16-17-13(18)21)6-15-12(19)8-20-7-9-4-2-3-5-10(9)14/h2-5H,6-8H2,1H3,(H,15,19)(H,17,21). The Morgan fingerprint density at radius 3 is 2.95 bits per heavy atom. The monoisotopic (exact) mass is 326 g/mol. The Hall–Kier alpha value is -1.70. The van der Waals surface area contributed by atoms with Crippen molar-refractivity contribution in [3.05, 3.63) is 45.4 Å². The minimum absolute atomic E-state index is 0.0416. The predicted molar refractivity (Wildman–Crippen MR) is 81.3 cm³/mol. The van der Waals surface area contributed by atoms with Crippen LogP contribution in [0.5, 0.6) is 0 Å². The van der Waals surface area contributed by atoms with Gasteiger partial charge in [-0.25, -0.2) is 0 Å². The number of carbonyl (C=O) groups is 1. The fraction of sp³-hybridized carbons (Fsp3) is 0.308. The molecule has 6 nitrogen and oxygen atoms in total. The highest BCUT2D eigenvalue weighted by Gasteiger charge is 2.06. The molecule has 0 fully saturated rings. The van der Waals surface area contributed by atoms with Crippen LogP contribution in [0.3, 0.4) is 0 Å². The zero-order chi connectivity index (χ0) is 15.2. The lowest BCUT2D eigenvalue weighted by molar-refractivity contribution is -0.126. The number of nitrogens with one attached hydrogen (secondary N) is 2. The van der Waals surface area contributed by atoms with Crippen molar-refractivity contribution >= 4 is 29.7 Å². The first-order valence-corrected chi connectivity index (χ1v) is 7.04. The summed E-state index contributed by atoms with van der Waals surface area (Å²) in [5, 5.41) is 9.98. The summed E-state index contributed by atoms with van der Waals surface area (Å²) in [6.45, 7) is 0.539. The molecule has 2 N–H and O–H groups in total. The number of H-pyrrole nitrogens is 1. The smallest absolute Gasteiger partial charge is 0.246 e. The van der Waals surface area contributed by atoms with Crippen molar-refractivity contribution in [2.24, 2.45) is 7.05 Å². The third-order valence-corrected chi connectivity index (χ3v) is 3.60. The lowest BCUT2D eigenvalue weighted by Gasteiger charge is -2.07. The number of hydrogen-bond acceptors (Lipinski definition) is 4. The van der Waals surface area contributed by atoms with Crippen molar-refractivity contribution < 1.29 is 9.53 Å². The minimum atomic E-state index is -0.226. The Bertz CT molecular complexity index is 683. The molecule has 0 aliphatic rings. The normalized spacial score (nSPS) is 10.6. The number of amides is 1. The first-order valence-electron chi connectivity index (χ1n) is 6.26. The van der Waals surface area contributed by atoms with Gasteiger partial charge < -0.3 is 14.6 Å². The molecule has 0 aliphatic heterocycles. The number of hydrogen-bond donors (Lipinski definition) is 2. The van der Waals surface area contributed by atoms with Crippen LogP contribution in [0.2, 0.25) is 5.02 Å². The maximum atomic E-state index is 11.7. The zero-order valence-electron chi connectivity index (χ0n) is 11.4. The molecule has 0 radical (unpaired) electrons. The van der Waals surface area contributed by atoms with Crippen LogP contribution in [0.25, 0.3) is 0 Å². The Morgan fingerprint density at radius 2 is 2.29 bits per heavy atom. The second-order valence-corrected chi connectivity index (χ2v) is 5.16. The summed E-state index contributed by atoms with van der Waals surface area (Å²) >= 11 is 11.0. The van der Waals surface area contributed by atoms with Crippen molar-refractivity contribution in [2.75, 3.05) is 6.61 Å². The van der Waals surface area contributed by atoms with E-state index in [-0.39, 0.29) is 19.1 Å². The van der Waals surface area contributed by atoms with Gasteiger partial charge in [0.05, 0.1) is 13.2 Å². The zero-order valence-corrected chi connectivity index (χ0v) is 13.0. The van der Waals surface area contributed by atoms with Gasteiger partial charge >= 0.3 is 0 Å². The molecule has 1 aromatic heterocycles. The number of aromatic nitrogens is 3. The van der Waals surface area contributed by atoms with Gasteiger partial charge in [-0.1, -0.05) is 29.8 Å². The lowest BCUT2D eigenvalue weighted by Crippen LogP contribution is -2.28. The van der Waals surface area contributed by atoms with Gasteiger partial charge in [0.25, 0.3) is 0 Å². The average molecular weight is 327 g/mol. The highest BCUT2D eigenvalue weighted by molar-refractivity contribution is 7.71. The molecule has 0 saturated heterocycles. The topological polar surface area (TPSA) is 71.9 Å². The van der Waals surface area contributed by atoms with E-state index in [2.05, 4.69) is 15.5 Å². The Labute approximate surface area is 132 Å². The molecule has 2 rings (SSSR count). The van der Waals surface area contributed by atoms with Gasteiger partial charge in [0.2, 0.25) is 5.91 Å². The van der Waals surface area contributed by atoms with E-state index >= 15 is 0 Å². The molecule has 1 heterocycles. The van der Waals surface area contributed by atoms with E-state index in [0.717, 1.165) is 5.56 Å². The molecule has 112 valence electrons. The van der Waals surface area contributed by atoms with E-state index in [1.54, 1.807) is 17.7 Å². The average Bonchev–Trinajstić information content (AvgIpc) is 2.79. The lowest BCUT2D eigenvalue weighted by atomic mass is 10.2. The van der Waals surface area contributed by atoms with Crippen LogP contribution in [-0.2, 0) is 29.7 Å². The summed E-state index contributed by atoms with van der Waals surface area (Å²) in [4.78, 5) is 11.7. The van der Waals surface area contributed by atoms with E-state index in [4.69, 9.17) is 28.6 Å². The van der Waals surface area contributed by atoms with E-state index in [0.29, 0.717) is 22.2 Å². The van der Waals surface area contributed by atoms with Gasteiger partial charge in [0.15, 0.2) is 10.6 Å². The summed E-state index contributed by atoms with van der Waals surface area (Å²) in [5.74, 6) is 0.426.